The Morgan fingerprint density at radius 3 is 2.63 bits per heavy atom. The SMILES string of the molecule is COc1cc2c(cc1NC(=O)CSc1ccc(O)cc1)oc1ccccc12. The number of furan rings is 1. The maximum atomic E-state index is 12.4. The zero-order valence-electron chi connectivity index (χ0n) is 14.6. The third-order valence-corrected chi connectivity index (χ3v) is 5.19. The van der Waals surface area contributed by atoms with Gasteiger partial charge in [0, 0.05) is 21.7 Å². The van der Waals surface area contributed by atoms with E-state index >= 15 is 0 Å². The maximum Gasteiger partial charge on any atom is 0.234 e. The first kappa shape index (κ1) is 17.3. The molecule has 4 rings (SSSR count). The number of nitrogens with one attached hydrogen (secondary N) is 1. The molecular formula is C21H17NO4S. The monoisotopic (exact) mass is 379 g/mol. The minimum atomic E-state index is -0.151. The minimum absolute atomic E-state index is 0.151. The highest BCUT2D eigenvalue weighted by atomic mass is 32.2. The van der Waals surface area contributed by atoms with Crippen molar-refractivity contribution in [3.8, 4) is 11.5 Å². The lowest BCUT2D eigenvalue weighted by atomic mass is 10.1. The zero-order valence-corrected chi connectivity index (χ0v) is 15.4. The summed E-state index contributed by atoms with van der Waals surface area (Å²) in [7, 11) is 1.57. The molecule has 6 heteroatoms. The van der Waals surface area contributed by atoms with Gasteiger partial charge in [-0.15, -0.1) is 11.8 Å². The van der Waals surface area contributed by atoms with Crippen molar-refractivity contribution in [1.29, 1.82) is 0 Å². The van der Waals surface area contributed by atoms with Crippen LogP contribution < -0.4 is 10.1 Å². The predicted octanol–water partition coefficient (Wildman–Crippen LogP) is 5.03. The van der Waals surface area contributed by atoms with Crippen LogP contribution in [-0.4, -0.2) is 23.9 Å². The fourth-order valence-corrected chi connectivity index (χ4v) is 3.59. The van der Waals surface area contributed by atoms with Crippen molar-refractivity contribution >= 4 is 45.3 Å². The van der Waals surface area contributed by atoms with Gasteiger partial charge in [-0.3, -0.25) is 4.79 Å². The molecule has 1 amide bonds. The number of benzene rings is 3. The van der Waals surface area contributed by atoms with Gasteiger partial charge >= 0.3 is 0 Å². The second-order valence-corrected chi connectivity index (χ2v) is 7.03. The molecule has 4 aromatic rings. The van der Waals surface area contributed by atoms with Crippen LogP contribution in [0.4, 0.5) is 5.69 Å². The lowest BCUT2D eigenvalue weighted by Crippen LogP contribution is -2.14. The molecule has 0 aliphatic rings. The first-order valence-electron chi connectivity index (χ1n) is 8.35. The maximum absolute atomic E-state index is 12.4. The number of fused-ring (bicyclic) bond motifs is 3. The summed E-state index contributed by atoms with van der Waals surface area (Å²) in [5.74, 6) is 0.873. The van der Waals surface area contributed by atoms with Gasteiger partial charge in [0.25, 0.3) is 0 Å². The summed E-state index contributed by atoms with van der Waals surface area (Å²) >= 11 is 1.39. The molecular weight excluding hydrogens is 362 g/mol. The fraction of sp³-hybridized carbons (Fsp3) is 0.0952. The Morgan fingerprint density at radius 1 is 1.07 bits per heavy atom. The smallest absolute Gasteiger partial charge is 0.234 e. The van der Waals surface area contributed by atoms with E-state index in [1.54, 1.807) is 37.4 Å². The molecule has 27 heavy (non-hydrogen) atoms. The molecule has 0 aliphatic heterocycles. The Bertz CT molecular complexity index is 1120. The van der Waals surface area contributed by atoms with Crippen LogP contribution in [0.5, 0.6) is 11.5 Å². The van der Waals surface area contributed by atoms with Gasteiger partial charge in [0.05, 0.1) is 18.6 Å². The summed E-state index contributed by atoms with van der Waals surface area (Å²) < 4.78 is 11.3. The number of amides is 1. The molecule has 0 fully saturated rings. The molecule has 3 aromatic carbocycles. The van der Waals surface area contributed by atoms with Crippen LogP contribution >= 0.6 is 11.8 Å². The van der Waals surface area contributed by atoms with E-state index in [1.807, 2.05) is 30.3 Å². The molecule has 0 saturated carbocycles. The molecule has 0 unspecified atom stereocenters. The van der Waals surface area contributed by atoms with Crippen molar-refractivity contribution in [3.63, 3.8) is 0 Å². The van der Waals surface area contributed by atoms with Crippen molar-refractivity contribution in [2.75, 3.05) is 18.2 Å². The number of methoxy groups -OCH3 is 1. The highest BCUT2D eigenvalue weighted by molar-refractivity contribution is 8.00. The Hall–Kier alpha value is -3.12. The van der Waals surface area contributed by atoms with Gasteiger partial charge in [0.1, 0.15) is 22.7 Å². The van der Waals surface area contributed by atoms with Gasteiger partial charge in [0.15, 0.2) is 0 Å². The van der Waals surface area contributed by atoms with Crippen molar-refractivity contribution in [3.05, 3.63) is 60.7 Å². The number of para-hydroxylation sites is 1. The number of hydrogen-bond donors (Lipinski definition) is 2. The predicted molar refractivity (Wildman–Crippen MR) is 108 cm³/mol. The summed E-state index contributed by atoms with van der Waals surface area (Å²) in [5.41, 5.74) is 2.06. The quantitative estimate of drug-likeness (QED) is 0.476. The summed E-state index contributed by atoms with van der Waals surface area (Å²) in [6.45, 7) is 0. The third kappa shape index (κ3) is 3.57. The molecule has 0 bridgehead atoms. The van der Waals surface area contributed by atoms with Crippen LogP contribution in [-0.2, 0) is 4.79 Å². The number of phenolic OH excluding ortho intramolecular Hbond substituents is 1. The molecule has 0 saturated heterocycles. The van der Waals surface area contributed by atoms with Crippen LogP contribution in [0.1, 0.15) is 0 Å². The third-order valence-electron chi connectivity index (χ3n) is 4.18. The molecule has 1 heterocycles. The summed E-state index contributed by atoms with van der Waals surface area (Å²) in [6, 6.07) is 18.2. The van der Waals surface area contributed by atoms with E-state index in [2.05, 4.69) is 5.32 Å². The Balaban J connectivity index is 1.56. The number of phenols is 1. The van der Waals surface area contributed by atoms with Gasteiger partial charge in [0.2, 0.25) is 5.91 Å². The average molecular weight is 379 g/mol. The molecule has 0 aliphatic carbocycles. The van der Waals surface area contributed by atoms with Crippen molar-refractivity contribution in [2.24, 2.45) is 0 Å². The molecule has 0 atom stereocenters. The fourth-order valence-electron chi connectivity index (χ4n) is 2.90. The highest BCUT2D eigenvalue weighted by Gasteiger charge is 2.14. The van der Waals surface area contributed by atoms with Crippen LogP contribution in [0.25, 0.3) is 21.9 Å². The number of thioether (sulfide) groups is 1. The van der Waals surface area contributed by atoms with E-state index in [0.29, 0.717) is 17.0 Å². The van der Waals surface area contributed by atoms with Gasteiger partial charge in [-0.05, 0) is 36.4 Å². The van der Waals surface area contributed by atoms with E-state index in [0.717, 1.165) is 21.3 Å². The lowest BCUT2D eigenvalue weighted by Gasteiger charge is -2.10. The van der Waals surface area contributed by atoms with E-state index in [-0.39, 0.29) is 17.4 Å². The standard InChI is InChI=1S/C21H17NO4S/c1-25-20-10-16-15-4-2-3-5-18(15)26-19(16)11-17(20)22-21(24)12-27-14-8-6-13(23)7-9-14/h2-11,23H,12H2,1H3,(H,22,24). The van der Waals surface area contributed by atoms with E-state index in [4.69, 9.17) is 9.15 Å². The Morgan fingerprint density at radius 2 is 1.85 bits per heavy atom. The van der Waals surface area contributed by atoms with Gasteiger partial charge in [-0.25, -0.2) is 0 Å². The summed E-state index contributed by atoms with van der Waals surface area (Å²) in [5, 5.41) is 14.1. The summed E-state index contributed by atoms with van der Waals surface area (Å²) in [6.07, 6.45) is 0. The largest absolute Gasteiger partial charge is 0.508 e. The van der Waals surface area contributed by atoms with Crippen LogP contribution in [0.2, 0.25) is 0 Å². The minimum Gasteiger partial charge on any atom is -0.508 e. The van der Waals surface area contributed by atoms with Gasteiger partial charge in [-0.2, -0.15) is 0 Å². The van der Waals surface area contributed by atoms with Crippen molar-refractivity contribution in [1.82, 2.24) is 0 Å². The zero-order chi connectivity index (χ0) is 18.8. The Labute approximate surface area is 159 Å². The number of carbonyl (C=O) groups is 1. The molecule has 5 nitrogen and oxygen atoms in total. The first-order chi connectivity index (χ1) is 13.1. The van der Waals surface area contributed by atoms with Crippen LogP contribution in [0.3, 0.4) is 0 Å². The normalized spacial score (nSPS) is 11.0. The molecule has 1 aromatic heterocycles. The van der Waals surface area contributed by atoms with Crippen molar-refractivity contribution in [2.45, 2.75) is 4.90 Å². The van der Waals surface area contributed by atoms with E-state index in [1.165, 1.54) is 11.8 Å². The van der Waals surface area contributed by atoms with Gasteiger partial charge in [-0.1, -0.05) is 18.2 Å². The first-order valence-corrected chi connectivity index (χ1v) is 9.33. The average Bonchev–Trinajstić information content (AvgIpc) is 3.04. The van der Waals surface area contributed by atoms with E-state index < -0.39 is 0 Å². The second kappa shape index (κ2) is 7.25. The molecule has 0 spiro atoms. The number of rotatable bonds is 5. The Kier molecular flexibility index (Phi) is 4.64. The number of hydrogen-bond acceptors (Lipinski definition) is 5. The van der Waals surface area contributed by atoms with Crippen molar-refractivity contribution < 1.29 is 19.1 Å². The lowest BCUT2D eigenvalue weighted by molar-refractivity contribution is -0.113. The molecule has 136 valence electrons. The molecule has 0 radical (unpaired) electrons. The number of ether oxygens (including phenoxy) is 1. The van der Waals surface area contributed by atoms with Crippen LogP contribution in [0.15, 0.2) is 70.0 Å². The van der Waals surface area contributed by atoms with Gasteiger partial charge < -0.3 is 19.6 Å². The molecule has 2 N–H and O–H groups in total. The second-order valence-electron chi connectivity index (χ2n) is 5.98. The van der Waals surface area contributed by atoms with E-state index in [9.17, 15) is 9.90 Å². The topological polar surface area (TPSA) is 71.7 Å². The number of carbonyl (C=O) groups excluding carboxylic acids is 1. The van der Waals surface area contributed by atoms with Crippen LogP contribution in [0, 0.1) is 0 Å². The highest BCUT2D eigenvalue weighted by Crippen LogP contribution is 2.36. The number of aromatic hydroxyl groups is 1. The number of anilines is 1. The summed E-state index contributed by atoms with van der Waals surface area (Å²) in [4.78, 5) is 13.3.